The number of ether oxygens (including phenoxy) is 1. The molecule has 0 aromatic heterocycles. The van der Waals surface area contributed by atoms with E-state index in [-0.39, 0.29) is 11.1 Å². The standard InChI is InChI=1S/C27H17BrClNO5/c1-13-18(29)7-4-8-19(13)30-25(33)20-21(26(30)34)27(35-22(20)14-9-11-15(28)12-10-14)23(31)16-5-2-3-6-17(16)24(27)32/h2-12,20-22H,1H3/t20-,21+,22+/m0/s1. The summed E-state index contributed by atoms with van der Waals surface area (Å²) in [4.78, 5) is 56.4. The fraction of sp³-hybridized carbons (Fsp3) is 0.185. The molecule has 8 heteroatoms. The summed E-state index contributed by atoms with van der Waals surface area (Å²) >= 11 is 9.68. The normalized spacial score (nSPS) is 24.4. The second-order valence-electron chi connectivity index (χ2n) is 8.93. The number of hydrogen-bond donors (Lipinski definition) is 0. The van der Waals surface area contributed by atoms with Crippen LogP contribution in [0.5, 0.6) is 0 Å². The summed E-state index contributed by atoms with van der Waals surface area (Å²) in [7, 11) is 0. The topological polar surface area (TPSA) is 80.8 Å². The molecule has 3 atom stereocenters. The molecule has 2 saturated heterocycles. The van der Waals surface area contributed by atoms with Crippen molar-refractivity contribution in [2.75, 3.05) is 4.90 Å². The molecule has 2 fully saturated rings. The lowest BCUT2D eigenvalue weighted by atomic mass is 9.77. The zero-order chi connectivity index (χ0) is 24.6. The molecule has 6 nitrogen and oxygen atoms in total. The summed E-state index contributed by atoms with van der Waals surface area (Å²) in [5, 5.41) is 0.399. The van der Waals surface area contributed by atoms with Crippen LogP contribution in [0.4, 0.5) is 5.69 Å². The molecular weight excluding hydrogens is 534 g/mol. The Hall–Kier alpha value is -3.13. The maximum absolute atomic E-state index is 14.0. The van der Waals surface area contributed by atoms with Gasteiger partial charge in [0.05, 0.1) is 23.6 Å². The summed E-state index contributed by atoms with van der Waals surface area (Å²) in [6.07, 6.45) is -0.962. The van der Waals surface area contributed by atoms with Gasteiger partial charge in [0.15, 0.2) is 0 Å². The minimum Gasteiger partial charge on any atom is -0.349 e. The number of anilines is 1. The molecule has 0 bridgehead atoms. The van der Waals surface area contributed by atoms with Crippen molar-refractivity contribution in [2.24, 2.45) is 11.8 Å². The van der Waals surface area contributed by atoms with E-state index in [4.69, 9.17) is 16.3 Å². The highest BCUT2D eigenvalue weighted by Gasteiger charge is 2.74. The Labute approximate surface area is 214 Å². The number of hydrogen-bond acceptors (Lipinski definition) is 5. The van der Waals surface area contributed by atoms with Gasteiger partial charge in [-0.2, -0.15) is 0 Å². The van der Waals surface area contributed by atoms with Gasteiger partial charge in [0.25, 0.3) is 0 Å². The highest BCUT2D eigenvalue weighted by Crippen LogP contribution is 2.58. The van der Waals surface area contributed by atoms with Crippen LogP contribution in [0.15, 0.2) is 71.2 Å². The first-order chi connectivity index (χ1) is 16.8. The van der Waals surface area contributed by atoms with Crippen molar-refractivity contribution in [1.29, 1.82) is 0 Å². The van der Waals surface area contributed by atoms with Gasteiger partial charge in [-0.15, -0.1) is 0 Å². The molecule has 0 unspecified atom stereocenters. The van der Waals surface area contributed by atoms with Gasteiger partial charge in [0, 0.05) is 20.6 Å². The second kappa shape index (κ2) is 7.68. The smallest absolute Gasteiger partial charge is 0.241 e. The summed E-state index contributed by atoms with van der Waals surface area (Å²) in [5.74, 6) is -4.68. The van der Waals surface area contributed by atoms with E-state index in [1.54, 1.807) is 73.7 Å². The van der Waals surface area contributed by atoms with Crippen molar-refractivity contribution < 1.29 is 23.9 Å². The molecule has 6 rings (SSSR count). The summed E-state index contributed by atoms with van der Waals surface area (Å²) < 4.78 is 7.10. The van der Waals surface area contributed by atoms with Crippen molar-refractivity contribution in [2.45, 2.75) is 18.6 Å². The minimum absolute atomic E-state index is 0.199. The van der Waals surface area contributed by atoms with E-state index in [2.05, 4.69) is 15.9 Å². The quantitative estimate of drug-likeness (QED) is 0.327. The first-order valence-corrected chi connectivity index (χ1v) is 12.2. The monoisotopic (exact) mass is 549 g/mol. The van der Waals surface area contributed by atoms with Crippen molar-refractivity contribution >= 4 is 56.6 Å². The zero-order valence-electron chi connectivity index (χ0n) is 18.3. The minimum atomic E-state index is -2.10. The van der Waals surface area contributed by atoms with Crippen molar-refractivity contribution in [3.05, 3.63) is 98.5 Å². The molecule has 174 valence electrons. The van der Waals surface area contributed by atoms with Crippen LogP contribution in [-0.2, 0) is 14.3 Å². The Kier molecular flexibility index (Phi) is 4.90. The van der Waals surface area contributed by atoms with E-state index >= 15 is 0 Å². The molecule has 2 heterocycles. The van der Waals surface area contributed by atoms with Gasteiger partial charge in [0.1, 0.15) is 0 Å². The summed E-state index contributed by atoms with van der Waals surface area (Å²) in [6.45, 7) is 1.71. The number of carbonyl (C=O) groups is 4. The van der Waals surface area contributed by atoms with Gasteiger partial charge >= 0.3 is 0 Å². The summed E-state index contributed by atoms with van der Waals surface area (Å²) in [6, 6.07) is 18.5. The Bertz CT molecular complexity index is 1430. The number of amides is 2. The van der Waals surface area contributed by atoms with Crippen LogP contribution in [0.25, 0.3) is 0 Å². The van der Waals surface area contributed by atoms with E-state index in [9.17, 15) is 19.2 Å². The van der Waals surface area contributed by atoms with Crippen LogP contribution in [0, 0.1) is 18.8 Å². The van der Waals surface area contributed by atoms with Gasteiger partial charge in [-0.25, -0.2) is 4.90 Å². The van der Waals surface area contributed by atoms with Crippen LogP contribution in [-0.4, -0.2) is 29.0 Å². The van der Waals surface area contributed by atoms with Crippen LogP contribution >= 0.6 is 27.5 Å². The second-order valence-corrected chi connectivity index (χ2v) is 10.3. The number of halogens is 2. The van der Waals surface area contributed by atoms with E-state index < -0.39 is 46.9 Å². The maximum Gasteiger partial charge on any atom is 0.241 e. The van der Waals surface area contributed by atoms with E-state index in [1.807, 2.05) is 0 Å². The number of ketones is 2. The molecule has 3 aliphatic rings. The van der Waals surface area contributed by atoms with E-state index in [0.29, 0.717) is 21.8 Å². The van der Waals surface area contributed by atoms with Gasteiger partial charge in [-0.1, -0.05) is 70.0 Å². The predicted molar refractivity (Wildman–Crippen MR) is 131 cm³/mol. The molecule has 2 amide bonds. The number of benzene rings is 3. The molecule has 3 aromatic rings. The van der Waals surface area contributed by atoms with Gasteiger partial charge in [0.2, 0.25) is 29.0 Å². The van der Waals surface area contributed by atoms with Crippen molar-refractivity contribution in [3.8, 4) is 0 Å². The number of rotatable bonds is 2. The zero-order valence-corrected chi connectivity index (χ0v) is 20.7. The number of fused-ring (bicyclic) bond motifs is 3. The number of carbonyl (C=O) groups excluding carboxylic acids is 4. The summed E-state index contributed by atoms with van der Waals surface area (Å²) in [5.41, 5.74) is -0.210. The van der Waals surface area contributed by atoms with Gasteiger partial charge in [-0.3, -0.25) is 19.2 Å². The van der Waals surface area contributed by atoms with Gasteiger partial charge < -0.3 is 4.74 Å². The molecule has 0 saturated carbocycles. The van der Waals surface area contributed by atoms with Crippen LogP contribution < -0.4 is 4.90 Å². The lowest BCUT2D eigenvalue weighted by Gasteiger charge is -2.27. The Morgan fingerprint density at radius 1 is 0.857 bits per heavy atom. The number of imide groups is 1. The molecule has 1 aliphatic carbocycles. The Morgan fingerprint density at radius 2 is 1.49 bits per heavy atom. The van der Waals surface area contributed by atoms with Crippen molar-refractivity contribution in [1.82, 2.24) is 0 Å². The molecule has 0 N–H and O–H groups in total. The maximum atomic E-state index is 14.0. The third-order valence-electron chi connectivity index (χ3n) is 7.20. The molecule has 0 radical (unpaired) electrons. The highest BCUT2D eigenvalue weighted by molar-refractivity contribution is 9.10. The van der Waals surface area contributed by atoms with Gasteiger partial charge in [-0.05, 0) is 42.3 Å². The fourth-order valence-corrected chi connectivity index (χ4v) is 5.98. The Balaban J connectivity index is 1.56. The third kappa shape index (κ3) is 2.86. The van der Waals surface area contributed by atoms with Crippen molar-refractivity contribution in [3.63, 3.8) is 0 Å². The number of nitrogens with zero attached hydrogens (tertiary/aromatic N) is 1. The van der Waals surface area contributed by atoms with Crippen LogP contribution in [0.2, 0.25) is 5.02 Å². The lowest BCUT2D eigenvalue weighted by Crippen LogP contribution is -2.51. The average molecular weight is 551 g/mol. The van der Waals surface area contributed by atoms with Crippen LogP contribution in [0.3, 0.4) is 0 Å². The first kappa shape index (κ1) is 22.3. The molecule has 2 aliphatic heterocycles. The largest absolute Gasteiger partial charge is 0.349 e. The third-order valence-corrected chi connectivity index (χ3v) is 8.14. The SMILES string of the molecule is Cc1c(Cl)cccc1N1C(=O)[C@@H]2[C@@H](c3ccc(Br)cc3)OC3(C(=O)c4ccccc4C3=O)[C@H]2C1=O. The Morgan fingerprint density at radius 3 is 2.11 bits per heavy atom. The molecule has 3 aromatic carbocycles. The first-order valence-electron chi connectivity index (χ1n) is 11.0. The molecule has 1 spiro atoms. The van der Waals surface area contributed by atoms with Crippen LogP contribution in [0.1, 0.15) is 37.9 Å². The van der Waals surface area contributed by atoms with E-state index in [1.165, 1.54) is 0 Å². The van der Waals surface area contributed by atoms with E-state index in [0.717, 1.165) is 9.37 Å². The predicted octanol–water partition coefficient (Wildman–Crippen LogP) is 5.11. The average Bonchev–Trinajstić information content (AvgIpc) is 3.42. The number of Topliss-reactive ketones (excluding diaryl/α,β-unsaturated/α-hetero) is 2. The molecular formula is C27H17BrClNO5. The molecule has 35 heavy (non-hydrogen) atoms. The fourth-order valence-electron chi connectivity index (χ4n) is 5.55. The lowest BCUT2D eigenvalue weighted by molar-refractivity contribution is -0.127. The highest BCUT2D eigenvalue weighted by atomic mass is 79.9.